The minimum atomic E-state index is -2.96. The van der Waals surface area contributed by atoms with Crippen LogP contribution in [0.1, 0.15) is 32.7 Å². The summed E-state index contributed by atoms with van der Waals surface area (Å²) >= 11 is 0. The quantitative estimate of drug-likeness (QED) is 0.327. The summed E-state index contributed by atoms with van der Waals surface area (Å²) in [5.74, 6) is 4.18. The molecule has 0 bridgehead atoms. The van der Waals surface area contributed by atoms with E-state index in [1.54, 1.807) is 25.3 Å². The Morgan fingerprint density at radius 1 is 1.04 bits per heavy atom. The van der Waals surface area contributed by atoms with Crippen LogP contribution in [0.25, 0.3) is 0 Å². The minimum Gasteiger partial charge on any atom is -0.435 e. The fraction of sp³-hybridized carbons (Fsp3) is 0.200. The molecule has 0 heterocycles. The van der Waals surface area contributed by atoms with Crippen LogP contribution in [0.3, 0.4) is 0 Å². The summed E-state index contributed by atoms with van der Waals surface area (Å²) in [7, 11) is 1.56. The van der Waals surface area contributed by atoms with Crippen molar-refractivity contribution >= 4 is 11.6 Å². The van der Waals surface area contributed by atoms with Gasteiger partial charge in [-0.15, -0.1) is 0 Å². The molecular formula is C20H16F2O4. The minimum absolute atomic E-state index is 0.0822. The number of hydrogen-bond acceptors (Lipinski definition) is 4. The molecule has 26 heavy (non-hydrogen) atoms. The number of benzene rings is 2. The molecule has 6 heteroatoms. The number of ether oxygens (including phenoxy) is 2. The molecule has 0 unspecified atom stereocenters. The molecule has 2 rings (SSSR count). The lowest BCUT2D eigenvalue weighted by Gasteiger charge is -2.06. The van der Waals surface area contributed by atoms with E-state index in [2.05, 4.69) is 16.6 Å². The highest BCUT2D eigenvalue weighted by Crippen LogP contribution is 2.17. The van der Waals surface area contributed by atoms with Crippen LogP contribution in [-0.4, -0.2) is 31.9 Å². The molecule has 0 aliphatic rings. The van der Waals surface area contributed by atoms with Crippen LogP contribution >= 0.6 is 0 Å². The second-order valence-electron chi connectivity index (χ2n) is 5.15. The number of carbonyl (C=O) groups excluding carboxylic acids is 2. The highest BCUT2D eigenvalue weighted by atomic mass is 19.3. The van der Waals surface area contributed by atoms with Gasteiger partial charge < -0.3 is 9.47 Å². The smallest absolute Gasteiger partial charge is 0.387 e. The first-order chi connectivity index (χ1) is 12.5. The third-order valence-corrected chi connectivity index (χ3v) is 3.37. The van der Waals surface area contributed by atoms with Crippen LogP contribution in [0.4, 0.5) is 8.78 Å². The zero-order valence-corrected chi connectivity index (χ0v) is 14.0. The Labute approximate surface area is 149 Å². The van der Waals surface area contributed by atoms with E-state index in [0.717, 1.165) is 0 Å². The van der Waals surface area contributed by atoms with E-state index < -0.39 is 18.2 Å². The monoisotopic (exact) mass is 358 g/mol. The number of Topliss-reactive ketones (excluding diaryl/α,β-unsaturated/α-hetero) is 2. The highest BCUT2D eigenvalue weighted by molar-refractivity contribution is 6.49. The zero-order valence-electron chi connectivity index (χ0n) is 14.0. The average Bonchev–Trinajstić information content (AvgIpc) is 2.64. The summed E-state index contributed by atoms with van der Waals surface area (Å²) in [5, 5.41) is 0. The lowest BCUT2D eigenvalue weighted by atomic mass is 9.97. The molecule has 0 saturated carbocycles. The molecule has 0 fully saturated rings. The molecule has 0 saturated heterocycles. The van der Waals surface area contributed by atoms with Gasteiger partial charge in [-0.3, -0.25) is 9.59 Å². The summed E-state index contributed by atoms with van der Waals surface area (Å²) in [6.07, 6.45) is 0.499. The van der Waals surface area contributed by atoms with Gasteiger partial charge in [0.2, 0.25) is 11.6 Å². The predicted molar refractivity (Wildman–Crippen MR) is 91.5 cm³/mol. The van der Waals surface area contributed by atoms with Crippen LogP contribution in [-0.2, 0) is 4.74 Å². The molecule has 0 amide bonds. The summed E-state index contributed by atoms with van der Waals surface area (Å²) < 4.78 is 33.4. The molecule has 0 N–H and O–H groups in total. The number of alkyl halides is 2. The van der Waals surface area contributed by atoms with E-state index >= 15 is 0 Å². The molecule has 4 nitrogen and oxygen atoms in total. The topological polar surface area (TPSA) is 52.6 Å². The fourth-order valence-corrected chi connectivity index (χ4v) is 2.14. The lowest BCUT2D eigenvalue weighted by molar-refractivity contribution is -0.0498. The van der Waals surface area contributed by atoms with Crippen LogP contribution in [0.5, 0.6) is 5.75 Å². The van der Waals surface area contributed by atoms with Crippen LogP contribution in [0.2, 0.25) is 0 Å². The van der Waals surface area contributed by atoms with Crippen molar-refractivity contribution in [3.63, 3.8) is 0 Å². The van der Waals surface area contributed by atoms with Gasteiger partial charge in [0, 0.05) is 30.2 Å². The Morgan fingerprint density at radius 3 is 2.38 bits per heavy atom. The second-order valence-corrected chi connectivity index (χ2v) is 5.15. The Morgan fingerprint density at radius 2 is 1.73 bits per heavy atom. The van der Waals surface area contributed by atoms with Gasteiger partial charge in [-0.05, 0) is 36.4 Å². The van der Waals surface area contributed by atoms with Crippen molar-refractivity contribution in [3.05, 3.63) is 65.2 Å². The highest BCUT2D eigenvalue weighted by Gasteiger charge is 2.20. The van der Waals surface area contributed by atoms with E-state index in [9.17, 15) is 18.4 Å². The summed E-state index contributed by atoms with van der Waals surface area (Å²) in [6, 6.07) is 11.5. The van der Waals surface area contributed by atoms with Crippen molar-refractivity contribution in [1.29, 1.82) is 0 Å². The number of methoxy groups -OCH3 is 1. The summed E-state index contributed by atoms with van der Waals surface area (Å²) in [4.78, 5) is 24.9. The molecule has 2 aromatic carbocycles. The van der Waals surface area contributed by atoms with Gasteiger partial charge in [-0.2, -0.15) is 8.78 Å². The molecular weight excluding hydrogens is 342 g/mol. The standard InChI is InChI=1S/C20H16F2O4/c1-25-13-5-4-7-14-6-2-3-8-17(14)19(24)18(23)15-9-11-16(12-10-15)26-20(21)22/h2-3,6,8-12,20H,5,13H2,1H3. The van der Waals surface area contributed by atoms with E-state index in [1.807, 2.05) is 0 Å². The molecule has 0 spiro atoms. The van der Waals surface area contributed by atoms with Crippen molar-refractivity contribution in [2.45, 2.75) is 13.0 Å². The molecule has 0 aliphatic heterocycles. The summed E-state index contributed by atoms with van der Waals surface area (Å²) in [6.45, 7) is -2.49. The van der Waals surface area contributed by atoms with Gasteiger partial charge in [0.15, 0.2) is 0 Å². The van der Waals surface area contributed by atoms with Gasteiger partial charge in [0.25, 0.3) is 0 Å². The van der Waals surface area contributed by atoms with Gasteiger partial charge in [0.1, 0.15) is 5.75 Å². The van der Waals surface area contributed by atoms with Crippen molar-refractivity contribution in [3.8, 4) is 17.6 Å². The van der Waals surface area contributed by atoms with Crippen molar-refractivity contribution in [2.24, 2.45) is 0 Å². The molecule has 134 valence electrons. The van der Waals surface area contributed by atoms with E-state index in [1.165, 1.54) is 30.3 Å². The van der Waals surface area contributed by atoms with E-state index in [-0.39, 0.29) is 16.9 Å². The third-order valence-electron chi connectivity index (χ3n) is 3.37. The first-order valence-corrected chi connectivity index (χ1v) is 7.73. The largest absolute Gasteiger partial charge is 0.435 e. The number of halogens is 2. The summed E-state index contributed by atoms with van der Waals surface area (Å²) in [5.41, 5.74) is 0.716. The first-order valence-electron chi connectivity index (χ1n) is 7.73. The van der Waals surface area contributed by atoms with Gasteiger partial charge in [-0.25, -0.2) is 0 Å². The van der Waals surface area contributed by atoms with E-state index in [4.69, 9.17) is 4.74 Å². The fourth-order valence-electron chi connectivity index (χ4n) is 2.14. The Bertz CT molecular complexity index is 833. The molecule has 0 atom stereocenters. The molecule has 2 aromatic rings. The Balaban J connectivity index is 2.20. The van der Waals surface area contributed by atoms with Crippen molar-refractivity contribution in [1.82, 2.24) is 0 Å². The van der Waals surface area contributed by atoms with Crippen LogP contribution < -0.4 is 4.74 Å². The van der Waals surface area contributed by atoms with Gasteiger partial charge in [-0.1, -0.05) is 24.0 Å². The third kappa shape index (κ3) is 5.23. The van der Waals surface area contributed by atoms with Crippen LogP contribution in [0.15, 0.2) is 48.5 Å². The molecule has 0 radical (unpaired) electrons. The van der Waals surface area contributed by atoms with E-state index in [0.29, 0.717) is 18.6 Å². The van der Waals surface area contributed by atoms with Crippen LogP contribution in [0, 0.1) is 11.8 Å². The Hall–Kier alpha value is -3.04. The second kappa shape index (κ2) is 9.44. The average molecular weight is 358 g/mol. The zero-order chi connectivity index (χ0) is 18.9. The lowest BCUT2D eigenvalue weighted by Crippen LogP contribution is -2.16. The predicted octanol–water partition coefficient (Wildman–Crippen LogP) is 3.74. The Kier molecular flexibility index (Phi) is 7.01. The van der Waals surface area contributed by atoms with Gasteiger partial charge >= 0.3 is 6.61 Å². The number of ketones is 2. The first kappa shape index (κ1) is 19.3. The maximum Gasteiger partial charge on any atom is 0.387 e. The maximum absolute atomic E-state index is 12.5. The van der Waals surface area contributed by atoms with Crippen molar-refractivity contribution in [2.75, 3.05) is 13.7 Å². The molecule has 0 aromatic heterocycles. The van der Waals surface area contributed by atoms with Crippen molar-refractivity contribution < 1.29 is 27.8 Å². The number of hydrogen-bond donors (Lipinski definition) is 0. The maximum atomic E-state index is 12.5. The number of rotatable bonds is 7. The van der Waals surface area contributed by atoms with Gasteiger partial charge in [0.05, 0.1) is 6.61 Å². The number of carbonyl (C=O) groups is 2. The normalized spacial score (nSPS) is 10.2. The molecule has 0 aliphatic carbocycles. The SMILES string of the molecule is COCCC#Cc1ccccc1C(=O)C(=O)c1ccc(OC(F)F)cc1.